The van der Waals surface area contributed by atoms with Crippen LogP contribution in [0.15, 0.2) is 12.1 Å². The van der Waals surface area contributed by atoms with Crippen LogP contribution in [0.1, 0.15) is 25.2 Å². The van der Waals surface area contributed by atoms with Gasteiger partial charge in [0, 0.05) is 5.69 Å². The molecule has 0 aromatic carbocycles. The maximum atomic E-state index is 11.7. The molecule has 4 nitrogen and oxygen atoms in total. The van der Waals surface area contributed by atoms with Crippen molar-refractivity contribution < 1.29 is 4.79 Å². The molecule has 1 aromatic heterocycles. The van der Waals surface area contributed by atoms with Crippen molar-refractivity contribution in [2.24, 2.45) is 5.41 Å². The van der Waals surface area contributed by atoms with Gasteiger partial charge in [-0.2, -0.15) is 5.26 Å². The molecule has 0 fully saturated rings. The van der Waals surface area contributed by atoms with Gasteiger partial charge in [-0.25, -0.2) is 0 Å². The zero-order valence-electron chi connectivity index (χ0n) is 9.96. The summed E-state index contributed by atoms with van der Waals surface area (Å²) < 4.78 is 0. The molecular formula is C12H15N3O. The minimum Gasteiger partial charge on any atom is -0.323 e. The van der Waals surface area contributed by atoms with E-state index in [4.69, 9.17) is 5.26 Å². The Hall–Kier alpha value is -1.89. The molecule has 0 saturated heterocycles. The van der Waals surface area contributed by atoms with Crippen LogP contribution in [-0.4, -0.2) is 10.9 Å². The van der Waals surface area contributed by atoms with Crippen LogP contribution in [-0.2, 0) is 4.79 Å². The van der Waals surface area contributed by atoms with Gasteiger partial charge in [-0.15, -0.1) is 0 Å². The molecule has 0 radical (unpaired) electrons. The van der Waals surface area contributed by atoms with Crippen molar-refractivity contribution >= 4 is 11.6 Å². The minimum absolute atomic E-state index is 0.316. The van der Waals surface area contributed by atoms with Crippen LogP contribution in [0.25, 0.3) is 0 Å². The summed E-state index contributed by atoms with van der Waals surface area (Å²) in [5.41, 5.74) is 1.27. The standard InChI is InChI=1S/C12H15N3O/c1-8-5-6-10(9(2)14-8)15-11(16)12(3,4)7-13/h5-6H,1-4H3,(H,15,16). The maximum Gasteiger partial charge on any atom is 0.244 e. The van der Waals surface area contributed by atoms with Crippen molar-refractivity contribution in [2.45, 2.75) is 27.7 Å². The van der Waals surface area contributed by atoms with Gasteiger partial charge in [0.25, 0.3) is 0 Å². The Morgan fingerprint density at radius 1 is 1.44 bits per heavy atom. The molecule has 1 amide bonds. The van der Waals surface area contributed by atoms with Gasteiger partial charge in [-0.1, -0.05) is 0 Å². The minimum atomic E-state index is -1.03. The number of rotatable bonds is 2. The van der Waals surface area contributed by atoms with Crippen LogP contribution in [0.4, 0.5) is 5.69 Å². The second kappa shape index (κ2) is 4.31. The van der Waals surface area contributed by atoms with Crippen LogP contribution in [0.5, 0.6) is 0 Å². The van der Waals surface area contributed by atoms with E-state index in [0.717, 1.165) is 11.4 Å². The molecule has 1 heterocycles. The smallest absolute Gasteiger partial charge is 0.244 e. The Labute approximate surface area is 95.3 Å². The number of carbonyl (C=O) groups excluding carboxylic acids is 1. The van der Waals surface area contributed by atoms with Gasteiger partial charge in [0.15, 0.2) is 0 Å². The molecular weight excluding hydrogens is 202 g/mol. The molecule has 0 aliphatic heterocycles. The summed E-state index contributed by atoms with van der Waals surface area (Å²) >= 11 is 0. The molecule has 0 aliphatic carbocycles. The third kappa shape index (κ3) is 2.57. The molecule has 0 saturated carbocycles. The normalized spacial score (nSPS) is 10.7. The van der Waals surface area contributed by atoms with E-state index in [0.29, 0.717) is 5.69 Å². The van der Waals surface area contributed by atoms with E-state index < -0.39 is 5.41 Å². The molecule has 0 spiro atoms. The van der Waals surface area contributed by atoms with E-state index >= 15 is 0 Å². The molecule has 0 bridgehead atoms. The Morgan fingerprint density at radius 3 is 2.56 bits per heavy atom. The third-order valence-corrected chi connectivity index (χ3v) is 2.32. The summed E-state index contributed by atoms with van der Waals surface area (Å²) in [7, 11) is 0. The molecule has 1 aromatic rings. The zero-order valence-corrected chi connectivity index (χ0v) is 9.96. The zero-order chi connectivity index (χ0) is 12.3. The van der Waals surface area contributed by atoms with Gasteiger partial charge >= 0.3 is 0 Å². The number of pyridine rings is 1. The summed E-state index contributed by atoms with van der Waals surface area (Å²) in [6.45, 7) is 6.87. The van der Waals surface area contributed by atoms with Crippen molar-refractivity contribution in [1.29, 1.82) is 5.26 Å². The van der Waals surface area contributed by atoms with Crippen molar-refractivity contribution in [3.8, 4) is 6.07 Å². The molecule has 84 valence electrons. The summed E-state index contributed by atoms with van der Waals surface area (Å²) in [6, 6.07) is 5.58. The molecule has 0 atom stereocenters. The average Bonchev–Trinajstić information content (AvgIpc) is 2.22. The SMILES string of the molecule is Cc1ccc(NC(=O)C(C)(C)C#N)c(C)n1. The van der Waals surface area contributed by atoms with Crippen molar-refractivity contribution in [3.05, 3.63) is 23.5 Å². The molecule has 4 heteroatoms. The fourth-order valence-electron chi connectivity index (χ4n) is 1.15. The van der Waals surface area contributed by atoms with Crippen molar-refractivity contribution in [3.63, 3.8) is 0 Å². The number of carbonyl (C=O) groups is 1. The number of anilines is 1. The number of nitriles is 1. The van der Waals surface area contributed by atoms with Crippen LogP contribution in [0.2, 0.25) is 0 Å². The number of aromatic nitrogens is 1. The number of nitrogens with zero attached hydrogens (tertiary/aromatic N) is 2. The third-order valence-electron chi connectivity index (χ3n) is 2.32. The summed E-state index contributed by atoms with van der Waals surface area (Å²) in [6.07, 6.45) is 0. The monoisotopic (exact) mass is 217 g/mol. The van der Waals surface area contributed by atoms with Gasteiger partial charge in [-0.05, 0) is 39.8 Å². The Bertz CT molecular complexity index is 458. The molecule has 1 N–H and O–H groups in total. The van der Waals surface area contributed by atoms with Crippen LogP contribution >= 0.6 is 0 Å². The number of hydrogen-bond donors (Lipinski definition) is 1. The van der Waals surface area contributed by atoms with E-state index in [2.05, 4.69) is 10.3 Å². The lowest BCUT2D eigenvalue weighted by Crippen LogP contribution is -2.29. The Morgan fingerprint density at radius 2 is 2.06 bits per heavy atom. The Kier molecular flexibility index (Phi) is 3.28. The molecule has 0 aliphatic rings. The van der Waals surface area contributed by atoms with E-state index in [1.165, 1.54) is 0 Å². The highest BCUT2D eigenvalue weighted by Crippen LogP contribution is 2.19. The van der Waals surface area contributed by atoms with Crippen LogP contribution in [0.3, 0.4) is 0 Å². The summed E-state index contributed by atoms with van der Waals surface area (Å²) in [5, 5.41) is 11.5. The van der Waals surface area contributed by atoms with Crippen molar-refractivity contribution in [1.82, 2.24) is 4.98 Å². The first-order valence-corrected chi connectivity index (χ1v) is 5.04. The first kappa shape index (κ1) is 12.2. The van der Waals surface area contributed by atoms with Crippen LogP contribution in [0, 0.1) is 30.6 Å². The van der Waals surface area contributed by atoms with E-state index in [1.54, 1.807) is 19.9 Å². The van der Waals surface area contributed by atoms with Gasteiger partial charge in [0.05, 0.1) is 17.5 Å². The average molecular weight is 217 g/mol. The predicted octanol–water partition coefficient (Wildman–Crippen LogP) is 2.19. The second-order valence-electron chi connectivity index (χ2n) is 4.28. The van der Waals surface area contributed by atoms with Crippen LogP contribution < -0.4 is 5.32 Å². The summed E-state index contributed by atoms with van der Waals surface area (Å²) in [4.78, 5) is 16.0. The highest BCUT2D eigenvalue weighted by molar-refractivity contribution is 5.96. The second-order valence-corrected chi connectivity index (χ2v) is 4.28. The van der Waals surface area contributed by atoms with E-state index in [-0.39, 0.29) is 5.91 Å². The first-order valence-electron chi connectivity index (χ1n) is 5.04. The Balaban J connectivity index is 2.91. The van der Waals surface area contributed by atoms with E-state index in [1.807, 2.05) is 26.0 Å². The van der Waals surface area contributed by atoms with Crippen molar-refractivity contribution in [2.75, 3.05) is 5.32 Å². The number of nitrogens with one attached hydrogen (secondary N) is 1. The lowest BCUT2D eigenvalue weighted by Gasteiger charge is -2.16. The largest absolute Gasteiger partial charge is 0.323 e. The van der Waals surface area contributed by atoms with Gasteiger partial charge in [0.2, 0.25) is 5.91 Å². The summed E-state index contributed by atoms with van der Waals surface area (Å²) in [5.74, 6) is -0.316. The number of hydrogen-bond acceptors (Lipinski definition) is 3. The highest BCUT2D eigenvalue weighted by atomic mass is 16.2. The molecule has 16 heavy (non-hydrogen) atoms. The van der Waals surface area contributed by atoms with Gasteiger partial charge in [0.1, 0.15) is 5.41 Å². The fraction of sp³-hybridized carbons (Fsp3) is 0.417. The lowest BCUT2D eigenvalue weighted by molar-refractivity contribution is -0.121. The predicted molar refractivity (Wildman–Crippen MR) is 61.7 cm³/mol. The fourth-order valence-corrected chi connectivity index (χ4v) is 1.15. The first-order chi connectivity index (χ1) is 7.36. The molecule has 0 unspecified atom stereocenters. The maximum absolute atomic E-state index is 11.7. The molecule has 1 rings (SSSR count). The number of aryl methyl sites for hydroxylation is 2. The highest BCUT2D eigenvalue weighted by Gasteiger charge is 2.27. The van der Waals surface area contributed by atoms with Gasteiger partial charge < -0.3 is 5.32 Å². The number of amides is 1. The lowest BCUT2D eigenvalue weighted by atomic mass is 9.94. The topological polar surface area (TPSA) is 65.8 Å². The van der Waals surface area contributed by atoms with Gasteiger partial charge in [-0.3, -0.25) is 9.78 Å². The van der Waals surface area contributed by atoms with E-state index in [9.17, 15) is 4.79 Å². The quantitative estimate of drug-likeness (QED) is 0.825.